The third-order valence-corrected chi connectivity index (χ3v) is 2.82. The van der Waals surface area contributed by atoms with Gasteiger partial charge in [0.1, 0.15) is 5.78 Å². The number of aliphatic hydroxyl groups excluding tert-OH is 1. The van der Waals surface area contributed by atoms with Gasteiger partial charge in [-0.1, -0.05) is 55.8 Å². The van der Waals surface area contributed by atoms with E-state index in [0.717, 1.165) is 31.9 Å². The molecule has 0 radical (unpaired) electrons. The summed E-state index contributed by atoms with van der Waals surface area (Å²) >= 11 is 0. The molecule has 1 aliphatic rings. The van der Waals surface area contributed by atoms with Crippen molar-refractivity contribution in [3.63, 3.8) is 0 Å². The number of aryl methyl sites for hydroxylation is 1. The topological polar surface area (TPSA) is 37.3 Å². The molecule has 0 spiro atoms. The van der Waals surface area contributed by atoms with E-state index in [0.29, 0.717) is 11.7 Å². The normalized spacial score (nSPS) is 13.9. The van der Waals surface area contributed by atoms with Crippen molar-refractivity contribution in [2.75, 3.05) is 0 Å². The zero-order valence-electron chi connectivity index (χ0n) is 12.3. The molecule has 1 fully saturated rings. The fourth-order valence-electron chi connectivity index (χ4n) is 1.73. The summed E-state index contributed by atoms with van der Waals surface area (Å²) in [7, 11) is 0. The van der Waals surface area contributed by atoms with E-state index < -0.39 is 0 Å². The lowest BCUT2D eigenvalue weighted by atomic mass is 9.81. The summed E-state index contributed by atoms with van der Waals surface area (Å²) in [5.41, 5.74) is 1.32. The number of carbonyl (C=O) groups is 1. The third-order valence-electron chi connectivity index (χ3n) is 2.82. The van der Waals surface area contributed by atoms with Crippen LogP contribution >= 0.6 is 0 Å². The molecule has 1 aliphatic carbocycles. The Morgan fingerprint density at radius 2 is 1.79 bits per heavy atom. The standard InChI is InChI=1S/C8H12O2.C7H8.C2H6/c9-4-2-1-3-7-5-8(10)6-7;1-7-5-3-2-4-6-7;1-2/h2,4,7,9H,1,3,5-6H2;2-6H,1H3;1-2H3/b4-2-;;. The van der Waals surface area contributed by atoms with E-state index in [1.165, 1.54) is 5.56 Å². The molecule has 1 aromatic rings. The first-order valence-electron chi connectivity index (χ1n) is 7.05. The van der Waals surface area contributed by atoms with Gasteiger partial charge in [-0.25, -0.2) is 0 Å². The van der Waals surface area contributed by atoms with Crippen molar-refractivity contribution in [1.82, 2.24) is 0 Å². The fraction of sp³-hybridized carbons (Fsp3) is 0.471. The van der Waals surface area contributed by atoms with Gasteiger partial charge in [-0.3, -0.25) is 4.79 Å². The van der Waals surface area contributed by atoms with Crippen LogP contribution < -0.4 is 0 Å². The maximum absolute atomic E-state index is 10.5. The molecule has 106 valence electrons. The summed E-state index contributed by atoms with van der Waals surface area (Å²) in [5.74, 6) is 0.988. The predicted octanol–water partition coefficient (Wildman–Crippen LogP) is 4.84. The number of rotatable bonds is 3. The Balaban J connectivity index is 0.000000316. The summed E-state index contributed by atoms with van der Waals surface area (Å²) in [6.45, 7) is 6.08. The van der Waals surface area contributed by atoms with E-state index in [-0.39, 0.29) is 0 Å². The van der Waals surface area contributed by atoms with Crippen molar-refractivity contribution in [3.8, 4) is 0 Å². The molecule has 0 bridgehead atoms. The second kappa shape index (κ2) is 11.5. The van der Waals surface area contributed by atoms with Gasteiger partial charge in [0.15, 0.2) is 0 Å². The van der Waals surface area contributed by atoms with Crippen LogP contribution in [0.25, 0.3) is 0 Å². The molecule has 2 nitrogen and oxygen atoms in total. The zero-order valence-corrected chi connectivity index (χ0v) is 12.3. The molecule has 0 aromatic heterocycles. The highest BCUT2D eigenvalue weighted by Crippen LogP contribution is 2.27. The van der Waals surface area contributed by atoms with Crippen LogP contribution in [-0.2, 0) is 4.79 Å². The van der Waals surface area contributed by atoms with Crippen molar-refractivity contribution < 1.29 is 9.90 Å². The second-order valence-electron chi connectivity index (χ2n) is 4.43. The fourth-order valence-corrected chi connectivity index (χ4v) is 1.73. The Morgan fingerprint density at radius 1 is 1.21 bits per heavy atom. The lowest BCUT2D eigenvalue weighted by Crippen LogP contribution is -2.22. The number of Topliss-reactive ketones (excluding diaryl/α,β-unsaturated/α-hetero) is 1. The molecular weight excluding hydrogens is 236 g/mol. The second-order valence-corrected chi connectivity index (χ2v) is 4.43. The van der Waals surface area contributed by atoms with Crippen molar-refractivity contribution >= 4 is 5.78 Å². The smallest absolute Gasteiger partial charge is 0.133 e. The van der Waals surface area contributed by atoms with Crippen LogP contribution in [0.15, 0.2) is 42.7 Å². The summed E-state index contributed by atoms with van der Waals surface area (Å²) in [5, 5.41) is 8.27. The van der Waals surface area contributed by atoms with E-state index in [4.69, 9.17) is 5.11 Å². The van der Waals surface area contributed by atoms with Gasteiger partial charge in [0.2, 0.25) is 0 Å². The molecule has 1 saturated carbocycles. The Hall–Kier alpha value is -1.57. The summed E-state index contributed by atoms with van der Waals surface area (Å²) in [4.78, 5) is 10.5. The highest BCUT2D eigenvalue weighted by Gasteiger charge is 2.24. The van der Waals surface area contributed by atoms with Crippen LogP contribution in [0.1, 0.15) is 45.1 Å². The molecule has 0 heterocycles. The molecule has 0 amide bonds. The molecule has 19 heavy (non-hydrogen) atoms. The van der Waals surface area contributed by atoms with E-state index in [2.05, 4.69) is 19.1 Å². The Morgan fingerprint density at radius 3 is 2.16 bits per heavy atom. The molecule has 1 aromatic carbocycles. The van der Waals surface area contributed by atoms with Crippen molar-refractivity contribution in [3.05, 3.63) is 48.2 Å². The number of carbonyl (C=O) groups excluding carboxylic acids is 1. The minimum atomic E-state index is 0.387. The maximum atomic E-state index is 10.5. The third kappa shape index (κ3) is 9.06. The minimum Gasteiger partial charge on any atom is -0.516 e. The largest absolute Gasteiger partial charge is 0.516 e. The van der Waals surface area contributed by atoms with Gasteiger partial charge in [-0.2, -0.15) is 0 Å². The molecule has 0 unspecified atom stereocenters. The number of allylic oxidation sites excluding steroid dienone is 1. The van der Waals surface area contributed by atoms with E-state index in [9.17, 15) is 4.79 Å². The summed E-state index contributed by atoms with van der Waals surface area (Å²) in [6.07, 6.45) is 6.26. The molecule has 0 aliphatic heterocycles. The van der Waals surface area contributed by atoms with Crippen LogP contribution in [0.2, 0.25) is 0 Å². The molecule has 2 heteroatoms. The van der Waals surface area contributed by atoms with Crippen LogP contribution in [0.5, 0.6) is 0 Å². The first kappa shape index (κ1) is 17.4. The average Bonchev–Trinajstić information content (AvgIpc) is 2.41. The number of benzene rings is 1. The number of hydrogen-bond acceptors (Lipinski definition) is 2. The Bertz CT molecular complexity index is 347. The van der Waals surface area contributed by atoms with Crippen LogP contribution in [0, 0.1) is 12.8 Å². The number of ketones is 1. The van der Waals surface area contributed by atoms with Crippen molar-refractivity contribution in [2.24, 2.45) is 5.92 Å². The monoisotopic (exact) mass is 262 g/mol. The lowest BCUT2D eigenvalue weighted by Gasteiger charge is -2.22. The summed E-state index contributed by atoms with van der Waals surface area (Å²) < 4.78 is 0. The molecule has 2 rings (SSSR count). The minimum absolute atomic E-state index is 0.387. The van der Waals surface area contributed by atoms with Gasteiger partial charge in [-0.15, -0.1) is 0 Å². The Kier molecular flexibility index (Phi) is 10.6. The first-order valence-corrected chi connectivity index (χ1v) is 7.05. The first-order chi connectivity index (χ1) is 9.22. The molecule has 0 atom stereocenters. The lowest BCUT2D eigenvalue weighted by molar-refractivity contribution is -0.126. The van der Waals surface area contributed by atoms with Crippen LogP contribution in [0.4, 0.5) is 0 Å². The number of hydrogen-bond donors (Lipinski definition) is 1. The molecule has 0 saturated heterocycles. The quantitative estimate of drug-likeness (QED) is 0.791. The van der Waals surface area contributed by atoms with Gasteiger partial charge >= 0.3 is 0 Å². The zero-order chi connectivity index (χ0) is 14.5. The van der Waals surface area contributed by atoms with E-state index in [1.807, 2.05) is 32.0 Å². The van der Waals surface area contributed by atoms with E-state index in [1.54, 1.807) is 6.08 Å². The average molecular weight is 262 g/mol. The van der Waals surface area contributed by atoms with Gasteiger partial charge in [-0.05, 0) is 25.7 Å². The van der Waals surface area contributed by atoms with Gasteiger partial charge in [0.05, 0.1) is 6.26 Å². The highest BCUT2D eigenvalue weighted by molar-refractivity contribution is 5.84. The summed E-state index contributed by atoms with van der Waals surface area (Å²) in [6, 6.07) is 10.3. The van der Waals surface area contributed by atoms with Crippen LogP contribution in [-0.4, -0.2) is 10.9 Å². The van der Waals surface area contributed by atoms with Gasteiger partial charge in [0.25, 0.3) is 0 Å². The van der Waals surface area contributed by atoms with Crippen LogP contribution in [0.3, 0.4) is 0 Å². The highest BCUT2D eigenvalue weighted by atomic mass is 16.2. The van der Waals surface area contributed by atoms with E-state index >= 15 is 0 Å². The number of aliphatic hydroxyl groups is 1. The van der Waals surface area contributed by atoms with Gasteiger partial charge < -0.3 is 5.11 Å². The molecular formula is C17H26O2. The Labute approximate surface area is 117 Å². The van der Waals surface area contributed by atoms with Crippen molar-refractivity contribution in [2.45, 2.75) is 46.5 Å². The SMILES string of the molecule is CC.Cc1ccccc1.O=C1CC(CC/C=C\O)C1. The van der Waals surface area contributed by atoms with Gasteiger partial charge in [0, 0.05) is 12.8 Å². The predicted molar refractivity (Wildman–Crippen MR) is 81.3 cm³/mol. The van der Waals surface area contributed by atoms with Crippen molar-refractivity contribution in [1.29, 1.82) is 0 Å². The molecule has 1 N–H and O–H groups in total. The maximum Gasteiger partial charge on any atom is 0.133 e.